The molecule has 3 aromatic rings. The third-order valence-corrected chi connectivity index (χ3v) is 6.15. The molecule has 1 aliphatic rings. The van der Waals surface area contributed by atoms with Gasteiger partial charge in [-0.2, -0.15) is 0 Å². The topological polar surface area (TPSA) is 40.5 Å². The molecule has 4 rings (SSSR count). The van der Waals surface area contributed by atoms with Crippen LogP contribution in [-0.2, 0) is 6.42 Å². The number of benzene rings is 2. The molecule has 1 aliphatic heterocycles. The minimum atomic E-state index is 0.870. The lowest BCUT2D eigenvalue weighted by Crippen LogP contribution is -2.17. The molecule has 1 saturated heterocycles. The van der Waals surface area contributed by atoms with E-state index in [1.165, 1.54) is 10.3 Å². The van der Waals surface area contributed by atoms with Crippen LogP contribution in [0.15, 0.2) is 53.5 Å². The fourth-order valence-electron chi connectivity index (χ4n) is 2.75. The lowest BCUT2D eigenvalue weighted by molar-refractivity contribution is 0.563. The van der Waals surface area contributed by atoms with E-state index >= 15 is 0 Å². The van der Waals surface area contributed by atoms with Gasteiger partial charge in [0.05, 0.1) is 15.9 Å². The van der Waals surface area contributed by atoms with Crippen LogP contribution in [0.5, 0.6) is 0 Å². The highest BCUT2D eigenvalue weighted by molar-refractivity contribution is 8.14. The first-order chi connectivity index (χ1) is 12.3. The number of fused-ring (bicyclic) bond motifs is 1. The summed E-state index contributed by atoms with van der Waals surface area (Å²) in [4.78, 5) is 11.6. The number of aromatic nitrogens is 1. The van der Waals surface area contributed by atoms with Crippen LogP contribution in [0.1, 0.15) is 5.56 Å². The minimum Gasteiger partial charge on any atom is -0.361 e. The molecule has 25 heavy (non-hydrogen) atoms. The Kier molecular flexibility index (Phi) is 4.90. The van der Waals surface area contributed by atoms with E-state index in [1.54, 1.807) is 11.3 Å². The summed E-state index contributed by atoms with van der Waals surface area (Å²) in [5.74, 6) is 1.13. The van der Waals surface area contributed by atoms with Crippen molar-refractivity contribution in [3.05, 3.63) is 54.1 Å². The Hall–Kier alpha value is -2.05. The second kappa shape index (κ2) is 7.45. The van der Waals surface area contributed by atoms with Crippen LogP contribution in [0.2, 0.25) is 0 Å². The first-order valence-corrected chi connectivity index (χ1v) is 10.2. The molecule has 0 atom stereocenters. The minimum absolute atomic E-state index is 0.870. The van der Waals surface area contributed by atoms with Crippen LogP contribution in [0.3, 0.4) is 0 Å². The molecule has 0 amide bonds. The van der Waals surface area contributed by atoms with E-state index in [1.807, 2.05) is 17.8 Å². The van der Waals surface area contributed by atoms with Crippen molar-refractivity contribution >= 4 is 49.3 Å². The summed E-state index contributed by atoms with van der Waals surface area (Å²) in [7, 11) is 2.10. The Bertz CT molecular complexity index is 870. The average Bonchev–Trinajstić information content (AvgIpc) is 3.21. The van der Waals surface area contributed by atoms with Crippen molar-refractivity contribution in [1.82, 2.24) is 9.88 Å². The Morgan fingerprint density at radius 3 is 2.96 bits per heavy atom. The van der Waals surface area contributed by atoms with Gasteiger partial charge in [0, 0.05) is 25.9 Å². The summed E-state index contributed by atoms with van der Waals surface area (Å²) >= 11 is 3.53. The van der Waals surface area contributed by atoms with Gasteiger partial charge in [-0.1, -0.05) is 47.4 Å². The number of rotatable bonds is 5. The highest BCUT2D eigenvalue weighted by Gasteiger charge is 2.14. The third-order valence-electron chi connectivity index (χ3n) is 4.10. The van der Waals surface area contributed by atoms with Gasteiger partial charge in [-0.15, -0.1) is 0 Å². The van der Waals surface area contributed by atoms with Crippen LogP contribution in [0.25, 0.3) is 10.2 Å². The number of aliphatic imine (C=N–C) groups is 1. The summed E-state index contributed by atoms with van der Waals surface area (Å²) in [5, 5.41) is 5.54. The van der Waals surface area contributed by atoms with Crippen molar-refractivity contribution in [2.75, 3.05) is 31.2 Å². The number of amidine groups is 1. The van der Waals surface area contributed by atoms with Crippen LogP contribution in [0.4, 0.5) is 10.8 Å². The number of nitrogens with zero attached hydrogens (tertiary/aromatic N) is 3. The molecule has 0 unspecified atom stereocenters. The summed E-state index contributed by atoms with van der Waals surface area (Å²) < 4.78 is 1.22. The highest BCUT2D eigenvalue weighted by Crippen LogP contribution is 2.25. The van der Waals surface area contributed by atoms with Crippen LogP contribution < -0.4 is 5.32 Å². The van der Waals surface area contributed by atoms with Crippen LogP contribution in [-0.4, -0.2) is 40.9 Å². The lowest BCUT2D eigenvalue weighted by atomic mass is 10.1. The van der Waals surface area contributed by atoms with Crippen molar-refractivity contribution in [3.8, 4) is 0 Å². The van der Waals surface area contributed by atoms with E-state index in [4.69, 9.17) is 4.99 Å². The van der Waals surface area contributed by atoms with E-state index in [0.717, 1.165) is 46.8 Å². The van der Waals surface area contributed by atoms with Gasteiger partial charge in [-0.3, -0.25) is 0 Å². The summed E-state index contributed by atoms with van der Waals surface area (Å²) in [5.41, 5.74) is 3.39. The molecule has 4 nitrogen and oxygen atoms in total. The largest absolute Gasteiger partial charge is 0.361 e. The van der Waals surface area contributed by atoms with Gasteiger partial charge in [-0.05, 0) is 36.2 Å². The average molecular weight is 369 g/mol. The zero-order valence-electron chi connectivity index (χ0n) is 14.1. The third kappa shape index (κ3) is 3.96. The highest BCUT2D eigenvalue weighted by atomic mass is 32.2. The van der Waals surface area contributed by atoms with Crippen molar-refractivity contribution in [2.45, 2.75) is 6.42 Å². The quantitative estimate of drug-likeness (QED) is 0.713. The molecular weight excluding hydrogens is 348 g/mol. The van der Waals surface area contributed by atoms with Gasteiger partial charge >= 0.3 is 0 Å². The van der Waals surface area contributed by atoms with Gasteiger partial charge in [0.15, 0.2) is 10.3 Å². The fraction of sp³-hybridized carbons (Fsp3) is 0.263. The Balaban J connectivity index is 1.38. The zero-order valence-corrected chi connectivity index (χ0v) is 15.7. The first-order valence-electron chi connectivity index (χ1n) is 8.39. The normalized spacial score (nSPS) is 16.0. The first kappa shape index (κ1) is 16.4. The van der Waals surface area contributed by atoms with Gasteiger partial charge in [0.2, 0.25) is 0 Å². The van der Waals surface area contributed by atoms with Crippen LogP contribution in [0, 0.1) is 0 Å². The monoisotopic (exact) mass is 368 g/mol. The number of anilines is 1. The van der Waals surface area contributed by atoms with E-state index < -0.39 is 0 Å². The van der Waals surface area contributed by atoms with Gasteiger partial charge in [0.25, 0.3) is 0 Å². The Morgan fingerprint density at radius 1 is 1.20 bits per heavy atom. The Morgan fingerprint density at radius 2 is 2.12 bits per heavy atom. The molecule has 1 aromatic heterocycles. The smallest absolute Gasteiger partial charge is 0.183 e. The molecule has 1 N–H and O–H groups in total. The molecule has 6 heteroatoms. The number of hydrogen-bond donors (Lipinski definition) is 1. The summed E-state index contributed by atoms with van der Waals surface area (Å²) in [6.45, 7) is 1.95. The van der Waals surface area contributed by atoms with Gasteiger partial charge < -0.3 is 10.2 Å². The van der Waals surface area contributed by atoms with Gasteiger partial charge in [-0.25, -0.2) is 9.98 Å². The molecule has 1 fully saturated rings. The standard InChI is InChI=1S/C19H20N4S2/c1-23-11-12-24-19(23)21-15-6-4-5-14(13-15)9-10-20-18-22-16-7-2-3-8-17(16)25-18/h2-8,13H,9-12H2,1H3,(H,20,22)/b21-19+. The molecule has 2 aromatic carbocycles. The van der Waals surface area contributed by atoms with Gasteiger partial charge in [0.1, 0.15) is 0 Å². The maximum Gasteiger partial charge on any atom is 0.183 e. The van der Waals surface area contributed by atoms with Crippen molar-refractivity contribution in [1.29, 1.82) is 0 Å². The lowest BCUT2D eigenvalue weighted by Gasteiger charge is -2.10. The van der Waals surface area contributed by atoms with Crippen molar-refractivity contribution < 1.29 is 0 Å². The molecule has 0 bridgehead atoms. The maximum absolute atomic E-state index is 4.77. The van der Waals surface area contributed by atoms with Crippen LogP contribution >= 0.6 is 23.1 Å². The number of para-hydroxylation sites is 1. The Labute approximate surface area is 156 Å². The predicted molar refractivity (Wildman–Crippen MR) is 110 cm³/mol. The van der Waals surface area contributed by atoms with Crippen molar-refractivity contribution in [3.63, 3.8) is 0 Å². The molecule has 2 heterocycles. The number of thiazole rings is 1. The molecule has 0 aliphatic carbocycles. The second-order valence-electron chi connectivity index (χ2n) is 6.00. The SMILES string of the molecule is CN1CCS/C1=N/c1cccc(CCNc2nc3ccccc3s2)c1. The summed E-state index contributed by atoms with van der Waals surface area (Å²) in [6, 6.07) is 16.7. The molecule has 128 valence electrons. The second-order valence-corrected chi connectivity index (χ2v) is 8.09. The molecule has 0 spiro atoms. The number of nitrogens with one attached hydrogen (secondary N) is 1. The van der Waals surface area contributed by atoms with E-state index in [9.17, 15) is 0 Å². The fourth-order valence-corrected chi connectivity index (χ4v) is 4.67. The number of hydrogen-bond acceptors (Lipinski definition) is 5. The molecule has 0 saturated carbocycles. The summed E-state index contributed by atoms with van der Waals surface area (Å²) in [6.07, 6.45) is 0.956. The maximum atomic E-state index is 4.77. The van der Waals surface area contributed by atoms with E-state index in [0.29, 0.717) is 0 Å². The zero-order chi connectivity index (χ0) is 17.1. The van der Waals surface area contributed by atoms with E-state index in [2.05, 4.69) is 64.7 Å². The van der Waals surface area contributed by atoms with E-state index in [-0.39, 0.29) is 0 Å². The van der Waals surface area contributed by atoms with Crippen molar-refractivity contribution in [2.24, 2.45) is 4.99 Å². The number of thioether (sulfide) groups is 1. The predicted octanol–water partition coefficient (Wildman–Crippen LogP) is 4.62. The molecule has 0 radical (unpaired) electrons. The molecular formula is C19H20N4S2.